The predicted octanol–water partition coefficient (Wildman–Crippen LogP) is 2.33. The summed E-state index contributed by atoms with van der Waals surface area (Å²) in [6, 6.07) is 8.48. The van der Waals surface area contributed by atoms with Gasteiger partial charge in [0.25, 0.3) is 0 Å². The number of aromatic nitrogens is 2. The van der Waals surface area contributed by atoms with E-state index in [9.17, 15) is 4.79 Å². The third-order valence-corrected chi connectivity index (χ3v) is 2.97. The van der Waals surface area contributed by atoms with E-state index in [1.54, 1.807) is 6.33 Å². The Kier molecular flexibility index (Phi) is 3.38. The van der Waals surface area contributed by atoms with E-state index in [1.165, 1.54) is 11.1 Å². The second kappa shape index (κ2) is 4.95. The molecule has 0 unspecified atom stereocenters. The molecule has 1 aromatic carbocycles. The lowest BCUT2D eigenvalue weighted by molar-refractivity contribution is 0.111. The highest BCUT2D eigenvalue weighted by atomic mass is 16.1. The molecular weight excluding hydrogens is 212 g/mol. The van der Waals surface area contributed by atoms with E-state index in [0.717, 1.165) is 24.8 Å². The van der Waals surface area contributed by atoms with Gasteiger partial charge >= 0.3 is 0 Å². The fourth-order valence-electron chi connectivity index (χ4n) is 1.89. The number of hydrogen-bond acceptors (Lipinski definition) is 2. The van der Waals surface area contributed by atoms with Crippen LogP contribution in [0.2, 0.25) is 0 Å². The monoisotopic (exact) mass is 228 g/mol. The zero-order chi connectivity index (χ0) is 12.3. The van der Waals surface area contributed by atoms with E-state index >= 15 is 0 Å². The first-order valence-electron chi connectivity index (χ1n) is 5.71. The van der Waals surface area contributed by atoms with Crippen LogP contribution in [-0.2, 0) is 19.9 Å². The first-order chi connectivity index (χ1) is 8.20. The van der Waals surface area contributed by atoms with E-state index in [2.05, 4.69) is 36.2 Å². The van der Waals surface area contributed by atoms with Crippen LogP contribution < -0.4 is 0 Å². The molecule has 0 atom stereocenters. The fourth-order valence-corrected chi connectivity index (χ4v) is 1.89. The number of carbonyl (C=O) groups excluding carboxylic acids is 1. The van der Waals surface area contributed by atoms with Crippen molar-refractivity contribution >= 4 is 6.29 Å². The number of aryl methyl sites for hydroxylation is 3. The molecule has 0 fully saturated rings. The van der Waals surface area contributed by atoms with Crippen LogP contribution in [0.5, 0.6) is 0 Å². The van der Waals surface area contributed by atoms with Crippen molar-refractivity contribution in [2.75, 3.05) is 0 Å². The van der Waals surface area contributed by atoms with Crippen molar-refractivity contribution in [3.05, 3.63) is 53.1 Å². The van der Waals surface area contributed by atoms with Gasteiger partial charge in [0.15, 0.2) is 6.29 Å². The van der Waals surface area contributed by atoms with Gasteiger partial charge in [-0.3, -0.25) is 4.79 Å². The van der Waals surface area contributed by atoms with Crippen molar-refractivity contribution in [2.24, 2.45) is 7.05 Å². The summed E-state index contributed by atoms with van der Waals surface area (Å²) in [7, 11) is 1.92. The normalized spacial score (nSPS) is 10.5. The highest BCUT2D eigenvalue weighted by Crippen LogP contribution is 2.10. The van der Waals surface area contributed by atoms with Gasteiger partial charge in [-0.05, 0) is 25.3 Å². The van der Waals surface area contributed by atoms with Crippen molar-refractivity contribution < 1.29 is 4.79 Å². The average Bonchev–Trinajstić information content (AvgIpc) is 2.69. The Morgan fingerprint density at radius 2 is 1.94 bits per heavy atom. The minimum absolute atomic E-state index is 0.555. The van der Waals surface area contributed by atoms with Crippen molar-refractivity contribution in [3.8, 4) is 0 Å². The summed E-state index contributed by atoms with van der Waals surface area (Å²) < 4.78 is 1.91. The summed E-state index contributed by atoms with van der Waals surface area (Å²) in [6.45, 7) is 2.08. The van der Waals surface area contributed by atoms with Crippen LogP contribution in [0.4, 0.5) is 0 Å². The molecule has 2 rings (SSSR count). The highest BCUT2D eigenvalue weighted by molar-refractivity contribution is 5.73. The zero-order valence-corrected chi connectivity index (χ0v) is 10.2. The van der Waals surface area contributed by atoms with Crippen molar-refractivity contribution in [3.63, 3.8) is 0 Å². The average molecular weight is 228 g/mol. The smallest absolute Gasteiger partial charge is 0.170 e. The van der Waals surface area contributed by atoms with E-state index in [0.29, 0.717) is 5.69 Å². The molecule has 0 saturated carbocycles. The van der Waals surface area contributed by atoms with Gasteiger partial charge in [0.1, 0.15) is 5.69 Å². The van der Waals surface area contributed by atoms with Gasteiger partial charge in [-0.1, -0.05) is 29.8 Å². The van der Waals surface area contributed by atoms with Gasteiger partial charge in [-0.2, -0.15) is 0 Å². The van der Waals surface area contributed by atoms with Gasteiger partial charge in [0.05, 0.1) is 6.33 Å². The first-order valence-corrected chi connectivity index (χ1v) is 5.71. The summed E-state index contributed by atoms with van der Waals surface area (Å²) in [5.74, 6) is 0. The SMILES string of the molecule is Cc1ccc(CCc2c(C=O)ncn2C)cc1. The molecule has 2 aromatic rings. The first kappa shape index (κ1) is 11.6. The van der Waals surface area contributed by atoms with Gasteiger partial charge < -0.3 is 4.57 Å². The lowest BCUT2D eigenvalue weighted by atomic mass is 10.1. The Morgan fingerprint density at radius 3 is 2.59 bits per heavy atom. The molecule has 17 heavy (non-hydrogen) atoms. The molecule has 3 heteroatoms. The molecule has 0 N–H and O–H groups in total. The number of rotatable bonds is 4. The molecule has 1 heterocycles. The van der Waals surface area contributed by atoms with E-state index < -0.39 is 0 Å². The second-order valence-electron chi connectivity index (χ2n) is 4.29. The topological polar surface area (TPSA) is 34.9 Å². The quantitative estimate of drug-likeness (QED) is 0.753. The van der Waals surface area contributed by atoms with Gasteiger partial charge in [-0.25, -0.2) is 4.98 Å². The van der Waals surface area contributed by atoms with Gasteiger partial charge in [-0.15, -0.1) is 0 Å². The molecule has 88 valence electrons. The largest absolute Gasteiger partial charge is 0.337 e. The molecule has 0 aliphatic heterocycles. The van der Waals surface area contributed by atoms with E-state index in [4.69, 9.17) is 0 Å². The van der Waals surface area contributed by atoms with Crippen LogP contribution in [0.1, 0.15) is 27.3 Å². The van der Waals surface area contributed by atoms with Crippen LogP contribution in [0, 0.1) is 6.92 Å². The number of hydrogen-bond donors (Lipinski definition) is 0. The van der Waals surface area contributed by atoms with Crippen molar-refractivity contribution in [2.45, 2.75) is 19.8 Å². The van der Waals surface area contributed by atoms with Crippen LogP contribution in [0.25, 0.3) is 0 Å². The lowest BCUT2D eigenvalue weighted by Crippen LogP contribution is -2.01. The maximum absolute atomic E-state index is 10.8. The third kappa shape index (κ3) is 2.61. The number of benzene rings is 1. The molecular formula is C14H16N2O. The molecule has 0 spiro atoms. The Labute approximate surface area is 101 Å². The maximum atomic E-state index is 10.8. The molecule has 0 saturated heterocycles. The Morgan fingerprint density at radius 1 is 1.24 bits per heavy atom. The van der Waals surface area contributed by atoms with E-state index in [1.807, 2.05) is 11.6 Å². The number of imidazole rings is 1. The number of aldehydes is 1. The minimum Gasteiger partial charge on any atom is -0.337 e. The Bertz CT molecular complexity index is 512. The summed E-state index contributed by atoms with van der Waals surface area (Å²) in [4.78, 5) is 14.9. The number of nitrogens with zero attached hydrogens (tertiary/aromatic N) is 2. The molecule has 1 aromatic heterocycles. The summed E-state index contributed by atoms with van der Waals surface area (Å²) in [5.41, 5.74) is 4.11. The van der Waals surface area contributed by atoms with Crippen LogP contribution in [-0.4, -0.2) is 15.8 Å². The molecule has 3 nitrogen and oxygen atoms in total. The Hall–Kier alpha value is -1.90. The predicted molar refractivity (Wildman–Crippen MR) is 67.2 cm³/mol. The summed E-state index contributed by atoms with van der Waals surface area (Å²) >= 11 is 0. The fraction of sp³-hybridized carbons (Fsp3) is 0.286. The summed E-state index contributed by atoms with van der Waals surface area (Å²) in [6.07, 6.45) is 4.28. The zero-order valence-electron chi connectivity index (χ0n) is 10.2. The Balaban J connectivity index is 2.09. The van der Waals surface area contributed by atoms with Crippen LogP contribution >= 0.6 is 0 Å². The third-order valence-electron chi connectivity index (χ3n) is 2.97. The van der Waals surface area contributed by atoms with Crippen molar-refractivity contribution in [1.82, 2.24) is 9.55 Å². The molecule has 0 amide bonds. The van der Waals surface area contributed by atoms with Gasteiger partial charge in [0.2, 0.25) is 0 Å². The molecule has 0 aliphatic carbocycles. The minimum atomic E-state index is 0.555. The second-order valence-corrected chi connectivity index (χ2v) is 4.29. The molecule has 0 aliphatic rings. The summed E-state index contributed by atoms with van der Waals surface area (Å²) in [5, 5.41) is 0. The number of carbonyl (C=O) groups is 1. The standard InChI is InChI=1S/C14H16N2O/c1-11-3-5-12(6-4-11)7-8-14-13(9-17)15-10-16(14)2/h3-6,9-10H,7-8H2,1-2H3. The highest BCUT2D eigenvalue weighted by Gasteiger charge is 2.07. The lowest BCUT2D eigenvalue weighted by Gasteiger charge is -2.04. The van der Waals surface area contributed by atoms with Crippen LogP contribution in [0.3, 0.4) is 0 Å². The maximum Gasteiger partial charge on any atom is 0.170 e. The molecule has 0 radical (unpaired) electrons. The molecule has 0 bridgehead atoms. The van der Waals surface area contributed by atoms with Crippen LogP contribution in [0.15, 0.2) is 30.6 Å². The van der Waals surface area contributed by atoms with Gasteiger partial charge in [0, 0.05) is 12.7 Å². The van der Waals surface area contributed by atoms with Crippen molar-refractivity contribution in [1.29, 1.82) is 0 Å². The van der Waals surface area contributed by atoms with E-state index in [-0.39, 0.29) is 0 Å².